The van der Waals surface area contributed by atoms with E-state index in [4.69, 9.17) is 0 Å². The molecule has 2 saturated heterocycles. The van der Waals surface area contributed by atoms with E-state index in [0.717, 1.165) is 15.4 Å². The van der Waals surface area contributed by atoms with Gasteiger partial charge in [-0.05, 0) is 71.6 Å². The van der Waals surface area contributed by atoms with Gasteiger partial charge in [-0.2, -0.15) is 0 Å². The van der Waals surface area contributed by atoms with E-state index in [2.05, 4.69) is 0 Å². The van der Waals surface area contributed by atoms with Crippen LogP contribution in [0.15, 0.2) is 84.4 Å². The molecule has 0 bridgehead atoms. The molecule has 3 aromatic carbocycles. The third-order valence-corrected chi connectivity index (χ3v) is 9.75. The number of imide groups is 2. The summed E-state index contributed by atoms with van der Waals surface area (Å²) in [5.74, 6) is -6.08. The maximum Gasteiger partial charge on any atom is 0.488 e. The Labute approximate surface area is 258 Å². The highest BCUT2D eigenvalue weighted by Crippen LogP contribution is 2.58. The first-order chi connectivity index (χ1) is 21.6. The molecule has 45 heavy (non-hydrogen) atoms. The fourth-order valence-electron chi connectivity index (χ4n) is 7.80. The van der Waals surface area contributed by atoms with E-state index in [1.807, 2.05) is 6.08 Å². The second-order valence-electron chi connectivity index (χ2n) is 12.1. The summed E-state index contributed by atoms with van der Waals surface area (Å²) in [4.78, 5) is 58.2. The molecule has 4 aliphatic rings. The van der Waals surface area contributed by atoms with Gasteiger partial charge in [-0.1, -0.05) is 48.0 Å². The Balaban J connectivity index is 1.31. The van der Waals surface area contributed by atoms with Crippen molar-refractivity contribution in [2.75, 3.05) is 9.80 Å². The molecule has 0 spiro atoms. The second-order valence-corrected chi connectivity index (χ2v) is 12.1. The van der Waals surface area contributed by atoms with Gasteiger partial charge in [0.05, 0.1) is 35.0 Å². The highest BCUT2D eigenvalue weighted by Gasteiger charge is 2.62. The number of aromatic hydroxyl groups is 1. The number of amides is 4. The molecule has 4 amide bonds. The summed E-state index contributed by atoms with van der Waals surface area (Å²) in [5, 5.41) is 48.8. The maximum atomic E-state index is 14.2. The molecule has 2 aliphatic heterocycles. The number of benzene rings is 3. The molecular formula is C32H28B2N2O9. The standard InChI is InChI=1S/C32H28B2N2O9/c37-21-9-7-16(8-10-21)26-22-11-12-23-27(31(40)35(29(23)38)19-5-1-3-17(13-19)33(42)43)24(22)15-25-28(26)32(41)36(30(25)39)20-6-2-4-18(14-20)34(44)45/h1-11,13-14,23-28,37,42-45H,12,15H2. The Bertz CT molecular complexity index is 1780. The van der Waals surface area contributed by atoms with Crippen molar-refractivity contribution in [2.24, 2.45) is 29.6 Å². The normalized spacial score (nSPS) is 27.2. The molecule has 11 nitrogen and oxygen atoms in total. The van der Waals surface area contributed by atoms with Gasteiger partial charge in [-0.25, -0.2) is 0 Å². The van der Waals surface area contributed by atoms with Crippen molar-refractivity contribution in [3.63, 3.8) is 0 Å². The number of hydrogen-bond donors (Lipinski definition) is 5. The van der Waals surface area contributed by atoms with Crippen LogP contribution in [0.1, 0.15) is 24.3 Å². The first-order valence-corrected chi connectivity index (χ1v) is 14.7. The van der Waals surface area contributed by atoms with Crippen molar-refractivity contribution >= 4 is 60.2 Å². The third kappa shape index (κ3) is 4.54. The lowest BCUT2D eigenvalue weighted by Crippen LogP contribution is -2.43. The fourth-order valence-corrected chi connectivity index (χ4v) is 7.80. The summed E-state index contributed by atoms with van der Waals surface area (Å²) in [5.41, 5.74) is 2.13. The van der Waals surface area contributed by atoms with Crippen molar-refractivity contribution in [3.05, 3.63) is 90.0 Å². The second kappa shape index (κ2) is 10.8. The van der Waals surface area contributed by atoms with Gasteiger partial charge in [-0.15, -0.1) is 0 Å². The SMILES string of the molecule is O=C1C2CC=C3C(CC4C(=O)N(c5cccc(B(O)O)c5)C(=O)C4C3c3ccc(O)cc3)C2C(=O)N1c1cccc(B(O)O)c1. The number of hydrogen-bond acceptors (Lipinski definition) is 9. The van der Waals surface area contributed by atoms with E-state index in [9.17, 15) is 44.4 Å². The van der Waals surface area contributed by atoms with Crippen LogP contribution in [0.2, 0.25) is 0 Å². The highest BCUT2D eigenvalue weighted by atomic mass is 16.4. The van der Waals surface area contributed by atoms with Crippen LogP contribution in [-0.4, -0.2) is 63.1 Å². The summed E-state index contributed by atoms with van der Waals surface area (Å²) < 4.78 is 0. The van der Waals surface area contributed by atoms with Gasteiger partial charge >= 0.3 is 14.2 Å². The predicted molar refractivity (Wildman–Crippen MR) is 163 cm³/mol. The Hall–Kier alpha value is -4.55. The predicted octanol–water partition coefficient (Wildman–Crippen LogP) is -0.203. The summed E-state index contributed by atoms with van der Waals surface area (Å²) in [6.45, 7) is 0. The van der Waals surface area contributed by atoms with Crippen LogP contribution in [-0.2, 0) is 19.2 Å². The molecule has 1 saturated carbocycles. The van der Waals surface area contributed by atoms with Gasteiger partial charge in [0.15, 0.2) is 0 Å². The quantitative estimate of drug-likeness (QED) is 0.150. The van der Waals surface area contributed by atoms with Crippen LogP contribution in [0.4, 0.5) is 11.4 Å². The van der Waals surface area contributed by atoms with Crippen LogP contribution in [0.5, 0.6) is 5.75 Å². The number of phenols is 1. The van der Waals surface area contributed by atoms with Gasteiger partial charge in [0.25, 0.3) is 0 Å². The summed E-state index contributed by atoms with van der Waals surface area (Å²) in [7, 11) is -3.59. The van der Waals surface area contributed by atoms with Gasteiger partial charge in [0.2, 0.25) is 23.6 Å². The van der Waals surface area contributed by atoms with Gasteiger partial charge in [-0.3, -0.25) is 29.0 Å². The first-order valence-electron chi connectivity index (χ1n) is 14.7. The lowest BCUT2D eigenvalue weighted by molar-refractivity contribution is -0.126. The van der Waals surface area contributed by atoms with Crippen LogP contribution in [0, 0.1) is 29.6 Å². The fraction of sp³-hybridized carbons (Fsp3) is 0.250. The Kier molecular flexibility index (Phi) is 7.01. The molecule has 3 aromatic rings. The molecule has 0 aromatic heterocycles. The number of rotatable bonds is 5. The largest absolute Gasteiger partial charge is 0.508 e. The average molecular weight is 606 g/mol. The highest BCUT2D eigenvalue weighted by molar-refractivity contribution is 6.59. The number of nitrogens with zero attached hydrogens (tertiary/aromatic N) is 2. The van der Waals surface area contributed by atoms with Crippen molar-refractivity contribution in [3.8, 4) is 5.75 Å². The summed E-state index contributed by atoms with van der Waals surface area (Å²) in [6.07, 6.45) is 2.30. The lowest BCUT2D eigenvalue weighted by Gasteiger charge is -2.44. The van der Waals surface area contributed by atoms with Crippen LogP contribution < -0.4 is 20.7 Å². The minimum Gasteiger partial charge on any atom is -0.508 e. The van der Waals surface area contributed by atoms with E-state index in [1.165, 1.54) is 48.5 Å². The topological polar surface area (TPSA) is 176 Å². The Morgan fingerprint density at radius 1 is 0.622 bits per heavy atom. The van der Waals surface area contributed by atoms with Crippen LogP contribution >= 0.6 is 0 Å². The molecule has 13 heteroatoms. The molecule has 6 atom stereocenters. The molecule has 3 fully saturated rings. The van der Waals surface area contributed by atoms with Crippen LogP contribution in [0.3, 0.4) is 0 Å². The molecule has 6 unspecified atom stereocenters. The van der Waals surface area contributed by atoms with Gasteiger partial charge in [0, 0.05) is 5.92 Å². The average Bonchev–Trinajstić information content (AvgIpc) is 3.44. The lowest BCUT2D eigenvalue weighted by atomic mass is 9.57. The van der Waals surface area contributed by atoms with Crippen molar-refractivity contribution in [2.45, 2.75) is 18.8 Å². The van der Waals surface area contributed by atoms with E-state index in [-0.39, 0.29) is 40.9 Å². The summed E-state index contributed by atoms with van der Waals surface area (Å²) in [6, 6.07) is 18.2. The molecule has 2 aliphatic carbocycles. The molecule has 5 N–H and O–H groups in total. The smallest absolute Gasteiger partial charge is 0.488 e. The number of phenolic OH excluding ortho intramolecular Hbond substituents is 1. The number of carbonyl (C=O) groups is 4. The van der Waals surface area contributed by atoms with E-state index in [1.54, 1.807) is 24.3 Å². The Morgan fingerprint density at radius 2 is 1.16 bits per heavy atom. The molecule has 2 heterocycles. The zero-order valence-electron chi connectivity index (χ0n) is 23.8. The number of anilines is 2. The van der Waals surface area contributed by atoms with Gasteiger partial charge in [0.1, 0.15) is 5.75 Å². The zero-order valence-corrected chi connectivity index (χ0v) is 23.8. The first kappa shape index (κ1) is 29.2. The van der Waals surface area contributed by atoms with Crippen molar-refractivity contribution < 1.29 is 44.4 Å². The van der Waals surface area contributed by atoms with Crippen molar-refractivity contribution in [1.29, 1.82) is 0 Å². The number of carbonyl (C=O) groups excluding carboxylic acids is 4. The van der Waals surface area contributed by atoms with Crippen molar-refractivity contribution in [1.82, 2.24) is 0 Å². The zero-order chi connectivity index (χ0) is 31.7. The minimum absolute atomic E-state index is 0.0256. The molecule has 226 valence electrons. The third-order valence-electron chi connectivity index (χ3n) is 9.75. The Morgan fingerprint density at radius 3 is 1.71 bits per heavy atom. The maximum absolute atomic E-state index is 14.2. The monoisotopic (exact) mass is 606 g/mol. The molecule has 0 radical (unpaired) electrons. The minimum atomic E-state index is -1.80. The van der Waals surface area contributed by atoms with E-state index in [0.29, 0.717) is 5.56 Å². The van der Waals surface area contributed by atoms with E-state index >= 15 is 0 Å². The summed E-state index contributed by atoms with van der Waals surface area (Å²) >= 11 is 0. The molecule has 7 rings (SSSR count). The molecular weight excluding hydrogens is 578 g/mol. The number of fused-ring (bicyclic) bond motifs is 4. The van der Waals surface area contributed by atoms with Gasteiger partial charge < -0.3 is 25.2 Å². The van der Waals surface area contributed by atoms with Crippen LogP contribution in [0.25, 0.3) is 0 Å². The number of allylic oxidation sites excluding steroid dienone is 2. The van der Waals surface area contributed by atoms with E-state index < -0.39 is 73.4 Å².